The van der Waals surface area contributed by atoms with Crippen molar-refractivity contribution in [3.05, 3.63) is 54.1 Å². The van der Waals surface area contributed by atoms with E-state index in [1.54, 1.807) is 0 Å². The molecule has 0 aromatic heterocycles. The summed E-state index contributed by atoms with van der Waals surface area (Å²) in [5, 5.41) is 0. The highest BCUT2D eigenvalue weighted by atomic mass is 16.2. The topological polar surface area (TPSA) is 49.6 Å². The zero-order chi connectivity index (χ0) is 17.1. The number of hydrogen-bond donors (Lipinski definition) is 1. The number of rotatable bonds is 4. The number of anilines is 3. The summed E-state index contributed by atoms with van der Waals surface area (Å²) in [4.78, 5) is 17.0. The van der Waals surface area contributed by atoms with E-state index in [0.717, 1.165) is 36.4 Å². The van der Waals surface area contributed by atoms with Gasteiger partial charge in [0.2, 0.25) is 5.91 Å². The highest BCUT2D eigenvalue weighted by Gasteiger charge is 2.25. The van der Waals surface area contributed by atoms with Crippen molar-refractivity contribution in [2.45, 2.75) is 32.7 Å². The molecule has 4 nitrogen and oxygen atoms in total. The maximum atomic E-state index is 13.0. The summed E-state index contributed by atoms with van der Waals surface area (Å²) >= 11 is 0. The van der Waals surface area contributed by atoms with Gasteiger partial charge < -0.3 is 15.5 Å². The van der Waals surface area contributed by atoms with Crippen LogP contribution in [0.25, 0.3) is 0 Å². The Labute approximate surface area is 143 Å². The van der Waals surface area contributed by atoms with Crippen molar-refractivity contribution in [2.24, 2.45) is 0 Å². The molecule has 0 aliphatic carbocycles. The van der Waals surface area contributed by atoms with Crippen LogP contribution >= 0.6 is 0 Å². The molecule has 0 unspecified atom stereocenters. The molecule has 1 aliphatic heterocycles. The first-order chi connectivity index (χ1) is 11.6. The van der Waals surface area contributed by atoms with Crippen LogP contribution in [0.3, 0.4) is 0 Å². The van der Waals surface area contributed by atoms with E-state index in [1.165, 1.54) is 5.56 Å². The van der Waals surface area contributed by atoms with Crippen LogP contribution in [-0.2, 0) is 11.2 Å². The van der Waals surface area contributed by atoms with Gasteiger partial charge in [-0.3, -0.25) is 4.79 Å². The molecule has 4 heteroatoms. The van der Waals surface area contributed by atoms with E-state index in [2.05, 4.69) is 11.0 Å². The molecule has 0 saturated carbocycles. The lowest BCUT2D eigenvalue weighted by atomic mass is 10.00. The Morgan fingerprint density at radius 3 is 2.62 bits per heavy atom. The van der Waals surface area contributed by atoms with Gasteiger partial charge in [-0.25, -0.2) is 0 Å². The van der Waals surface area contributed by atoms with Crippen molar-refractivity contribution in [3.63, 3.8) is 0 Å². The fourth-order valence-corrected chi connectivity index (χ4v) is 3.45. The van der Waals surface area contributed by atoms with Crippen molar-refractivity contribution in [2.75, 3.05) is 28.6 Å². The second-order valence-corrected chi connectivity index (χ2v) is 6.56. The third-order valence-corrected chi connectivity index (χ3v) is 4.53. The first-order valence-electron chi connectivity index (χ1n) is 8.57. The Morgan fingerprint density at radius 1 is 1.17 bits per heavy atom. The minimum absolute atomic E-state index is 0.116. The van der Waals surface area contributed by atoms with Crippen LogP contribution in [0.4, 0.5) is 17.1 Å². The first-order valence-corrected chi connectivity index (χ1v) is 8.57. The van der Waals surface area contributed by atoms with Crippen molar-refractivity contribution in [1.29, 1.82) is 0 Å². The number of hydrogen-bond acceptors (Lipinski definition) is 3. The molecule has 0 spiro atoms. The summed E-state index contributed by atoms with van der Waals surface area (Å²) in [7, 11) is 0. The lowest BCUT2D eigenvalue weighted by Crippen LogP contribution is -2.45. The predicted molar refractivity (Wildman–Crippen MR) is 100 cm³/mol. The minimum Gasteiger partial charge on any atom is -0.398 e. The number of nitrogen functional groups attached to an aromatic ring is 1. The SMILES string of the molecule is CC(C)N(C(=O)CN1CCCc2c(N)cccc21)c1ccccc1. The maximum absolute atomic E-state index is 13.0. The molecule has 0 radical (unpaired) electrons. The lowest BCUT2D eigenvalue weighted by Gasteiger charge is -2.34. The van der Waals surface area contributed by atoms with Crippen molar-refractivity contribution < 1.29 is 4.79 Å². The van der Waals surface area contributed by atoms with Gasteiger partial charge in [0, 0.05) is 29.6 Å². The van der Waals surface area contributed by atoms with Gasteiger partial charge in [0.1, 0.15) is 0 Å². The van der Waals surface area contributed by atoms with Gasteiger partial charge in [0.25, 0.3) is 0 Å². The van der Waals surface area contributed by atoms with E-state index in [9.17, 15) is 4.79 Å². The minimum atomic E-state index is 0.116. The molecule has 24 heavy (non-hydrogen) atoms. The quantitative estimate of drug-likeness (QED) is 0.877. The molecule has 1 amide bonds. The average molecular weight is 323 g/mol. The van der Waals surface area contributed by atoms with Crippen LogP contribution in [0.2, 0.25) is 0 Å². The molecule has 1 heterocycles. The number of carbonyl (C=O) groups excluding carboxylic acids is 1. The van der Waals surface area contributed by atoms with Crippen LogP contribution < -0.4 is 15.5 Å². The Balaban J connectivity index is 1.83. The summed E-state index contributed by atoms with van der Waals surface area (Å²) in [6.45, 7) is 5.37. The summed E-state index contributed by atoms with van der Waals surface area (Å²) in [6, 6.07) is 16.0. The highest BCUT2D eigenvalue weighted by molar-refractivity contribution is 5.97. The van der Waals surface area contributed by atoms with Gasteiger partial charge in [0.15, 0.2) is 0 Å². The number of fused-ring (bicyclic) bond motifs is 1. The summed E-state index contributed by atoms with van der Waals surface area (Å²) in [6.07, 6.45) is 2.01. The second kappa shape index (κ2) is 6.95. The van der Waals surface area contributed by atoms with Crippen LogP contribution in [0.5, 0.6) is 0 Å². The number of amides is 1. The fraction of sp³-hybridized carbons (Fsp3) is 0.350. The van der Waals surface area contributed by atoms with Gasteiger partial charge in [-0.2, -0.15) is 0 Å². The summed E-state index contributed by atoms with van der Waals surface area (Å²) < 4.78 is 0. The summed E-state index contributed by atoms with van der Waals surface area (Å²) in [5.41, 5.74) is 10.2. The zero-order valence-electron chi connectivity index (χ0n) is 14.4. The molecular formula is C20H25N3O. The van der Waals surface area contributed by atoms with Gasteiger partial charge in [-0.15, -0.1) is 0 Å². The molecular weight excluding hydrogens is 298 g/mol. The van der Waals surface area contributed by atoms with Crippen molar-refractivity contribution in [1.82, 2.24) is 0 Å². The highest BCUT2D eigenvalue weighted by Crippen LogP contribution is 2.31. The number of nitrogens with two attached hydrogens (primary N) is 1. The standard InChI is InChI=1S/C20H25N3O/c1-15(2)23(16-8-4-3-5-9-16)20(24)14-22-13-7-10-17-18(21)11-6-12-19(17)22/h3-6,8-9,11-12,15H,7,10,13-14,21H2,1-2H3. The van der Waals surface area contributed by atoms with Crippen LogP contribution in [-0.4, -0.2) is 25.0 Å². The molecule has 3 rings (SSSR count). The first kappa shape index (κ1) is 16.4. The molecule has 1 aliphatic rings. The smallest absolute Gasteiger partial charge is 0.246 e. The average Bonchev–Trinajstić information content (AvgIpc) is 2.56. The number of para-hydroxylation sites is 1. The third-order valence-electron chi connectivity index (χ3n) is 4.53. The molecule has 2 aromatic rings. The summed E-state index contributed by atoms with van der Waals surface area (Å²) in [5.74, 6) is 0.117. The Morgan fingerprint density at radius 2 is 1.92 bits per heavy atom. The normalized spacial score (nSPS) is 13.7. The fourth-order valence-electron chi connectivity index (χ4n) is 3.45. The Kier molecular flexibility index (Phi) is 4.74. The number of nitrogens with zero attached hydrogens (tertiary/aromatic N) is 2. The number of carbonyl (C=O) groups is 1. The third kappa shape index (κ3) is 3.23. The van der Waals surface area contributed by atoms with Gasteiger partial charge in [0.05, 0.1) is 6.54 Å². The largest absolute Gasteiger partial charge is 0.398 e. The lowest BCUT2D eigenvalue weighted by molar-refractivity contribution is -0.117. The van der Waals surface area contributed by atoms with Crippen LogP contribution in [0, 0.1) is 0 Å². The monoisotopic (exact) mass is 323 g/mol. The molecule has 2 aromatic carbocycles. The van der Waals surface area contributed by atoms with Crippen LogP contribution in [0.15, 0.2) is 48.5 Å². The van der Waals surface area contributed by atoms with E-state index in [4.69, 9.17) is 5.73 Å². The predicted octanol–water partition coefficient (Wildman–Crippen LogP) is 3.46. The molecule has 0 atom stereocenters. The van der Waals surface area contributed by atoms with Crippen LogP contribution in [0.1, 0.15) is 25.8 Å². The van der Waals surface area contributed by atoms with Gasteiger partial charge >= 0.3 is 0 Å². The molecule has 0 bridgehead atoms. The second-order valence-electron chi connectivity index (χ2n) is 6.56. The molecule has 126 valence electrons. The Hall–Kier alpha value is -2.49. The van der Waals surface area contributed by atoms with E-state index >= 15 is 0 Å². The van der Waals surface area contributed by atoms with E-state index in [1.807, 2.05) is 61.2 Å². The van der Waals surface area contributed by atoms with Crippen molar-refractivity contribution >= 4 is 23.0 Å². The van der Waals surface area contributed by atoms with Gasteiger partial charge in [-0.05, 0) is 56.5 Å². The van der Waals surface area contributed by atoms with E-state index in [0.29, 0.717) is 6.54 Å². The molecule has 0 fully saturated rings. The number of benzene rings is 2. The maximum Gasteiger partial charge on any atom is 0.246 e. The zero-order valence-corrected chi connectivity index (χ0v) is 14.4. The van der Waals surface area contributed by atoms with E-state index in [-0.39, 0.29) is 11.9 Å². The molecule has 0 saturated heterocycles. The Bertz CT molecular complexity index is 712. The molecule has 2 N–H and O–H groups in total. The van der Waals surface area contributed by atoms with Gasteiger partial charge in [-0.1, -0.05) is 24.3 Å². The van der Waals surface area contributed by atoms with Crippen molar-refractivity contribution in [3.8, 4) is 0 Å². The van der Waals surface area contributed by atoms with E-state index < -0.39 is 0 Å².